The summed E-state index contributed by atoms with van der Waals surface area (Å²) in [5, 5.41) is 0. The molecule has 0 aliphatic heterocycles. The SMILES string of the molecule is CC(=O)OC(C)CC(=O)OCC(COCC(COC(=O)CC(C)OC(C)=O)OC(=O)CC(C)OC(C)=O)OC(=O)CC(C)OC(C)=O. The highest BCUT2D eigenvalue weighted by Gasteiger charge is 2.25. The van der Waals surface area contributed by atoms with Crippen LogP contribution in [0.2, 0.25) is 0 Å². The first kappa shape index (κ1) is 42.7. The Bertz CT molecular complexity index is 989. The van der Waals surface area contributed by atoms with Crippen LogP contribution in [-0.4, -0.2) is 111 Å². The van der Waals surface area contributed by atoms with E-state index in [0.29, 0.717) is 0 Å². The van der Waals surface area contributed by atoms with Crippen LogP contribution in [0.1, 0.15) is 81.1 Å². The summed E-state index contributed by atoms with van der Waals surface area (Å²) in [7, 11) is 0. The van der Waals surface area contributed by atoms with Crippen molar-refractivity contribution in [1.29, 1.82) is 0 Å². The highest BCUT2D eigenvalue weighted by molar-refractivity contribution is 5.73. The summed E-state index contributed by atoms with van der Waals surface area (Å²) >= 11 is 0. The van der Waals surface area contributed by atoms with Crippen molar-refractivity contribution in [2.75, 3.05) is 26.4 Å². The van der Waals surface area contributed by atoms with Gasteiger partial charge in [0.25, 0.3) is 0 Å². The standard InChI is InChI=1S/C30H46O17/c1-17(42-21(5)31)9-27(35)40-15-25(46-29(37)11-19(3)44-23(7)33)13-39-14-26(47-30(38)12-20(4)45-24(8)34)16-41-28(36)10-18(2)43-22(6)32/h17-20,25-26H,9-16H2,1-8H3. The summed E-state index contributed by atoms with van der Waals surface area (Å²) in [5.74, 6) is -5.55. The highest BCUT2D eigenvalue weighted by atomic mass is 16.6. The Balaban J connectivity index is 5.50. The van der Waals surface area contributed by atoms with Gasteiger partial charge in [0, 0.05) is 27.7 Å². The molecule has 0 aliphatic rings. The van der Waals surface area contributed by atoms with Gasteiger partial charge in [0.1, 0.15) is 37.6 Å². The summed E-state index contributed by atoms with van der Waals surface area (Å²) in [6.45, 7) is 8.88. The molecule has 0 bridgehead atoms. The van der Waals surface area contributed by atoms with Crippen molar-refractivity contribution in [1.82, 2.24) is 0 Å². The number of esters is 8. The van der Waals surface area contributed by atoms with Crippen LogP contribution in [0.25, 0.3) is 0 Å². The van der Waals surface area contributed by atoms with Gasteiger partial charge < -0.3 is 42.6 Å². The number of hydrogen-bond acceptors (Lipinski definition) is 17. The van der Waals surface area contributed by atoms with Crippen molar-refractivity contribution in [3.63, 3.8) is 0 Å². The lowest BCUT2D eigenvalue weighted by Crippen LogP contribution is -2.35. The van der Waals surface area contributed by atoms with Crippen molar-refractivity contribution in [3.05, 3.63) is 0 Å². The quantitative estimate of drug-likeness (QED) is 0.116. The molecule has 268 valence electrons. The Morgan fingerprint density at radius 3 is 0.894 bits per heavy atom. The summed E-state index contributed by atoms with van der Waals surface area (Å²) in [6, 6.07) is 0. The van der Waals surface area contributed by atoms with Crippen molar-refractivity contribution in [2.45, 2.75) is 118 Å². The van der Waals surface area contributed by atoms with Gasteiger partial charge in [-0.15, -0.1) is 0 Å². The Morgan fingerprint density at radius 2 is 0.638 bits per heavy atom. The third kappa shape index (κ3) is 24.6. The van der Waals surface area contributed by atoms with Crippen molar-refractivity contribution >= 4 is 47.8 Å². The largest absolute Gasteiger partial charge is 0.462 e. The van der Waals surface area contributed by atoms with E-state index in [1.54, 1.807) is 0 Å². The fraction of sp³-hybridized carbons (Fsp3) is 0.733. The second kappa shape index (κ2) is 23.1. The molecule has 0 saturated heterocycles. The van der Waals surface area contributed by atoms with Gasteiger partial charge in [-0.1, -0.05) is 0 Å². The predicted octanol–water partition coefficient (Wildman–Crippen LogP) is 1.28. The van der Waals surface area contributed by atoms with E-state index >= 15 is 0 Å². The second-order valence-electron chi connectivity index (χ2n) is 10.6. The molecule has 0 aromatic carbocycles. The van der Waals surface area contributed by atoms with Gasteiger partial charge in [0.2, 0.25) is 0 Å². The van der Waals surface area contributed by atoms with Crippen LogP contribution in [0, 0.1) is 0 Å². The van der Waals surface area contributed by atoms with Crippen molar-refractivity contribution in [3.8, 4) is 0 Å². The van der Waals surface area contributed by atoms with Crippen molar-refractivity contribution in [2.24, 2.45) is 0 Å². The van der Waals surface area contributed by atoms with Crippen LogP contribution in [0.4, 0.5) is 0 Å². The van der Waals surface area contributed by atoms with Crippen LogP contribution in [-0.2, 0) is 81.0 Å². The predicted molar refractivity (Wildman–Crippen MR) is 156 cm³/mol. The maximum atomic E-state index is 12.5. The number of rotatable bonds is 22. The van der Waals surface area contributed by atoms with Crippen LogP contribution in [0.3, 0.4) is 0 Å². The van der Waals surface area contributed by atoms with E-state index in [9.17, 15) is 38.4 Å². The Hall–Kier alpha value is -4.28. The van der Waals surface area contributed by atoms with Gasteiger partial charge in [-0.2, -0.15) is 0 Å². The third-order valence-electron chi connectivity index (χ3n) is 5.35. The van der Waals surface area contributed by atoms with Crippen LogP contribution >= 0.6 is 0 Å². The molecule has 6 atom stereocenters. The zero-order chi connectivity index (χ0) is 36.1. The maximum absolute atomic E-state index is 12.5. The van der Waals surface area contributed by atoms with E-state index in [1.165, 1.54) is 55.4 Å². The lowest BCUT2D eigenvalue weighted by atomic mass is 10.2. The van der Waals surface area contributed by atoms with E-state index in [-0.39, 0.29) is 25.7 Å². The average molecular weight is 679 g/mol. The lowest BCUT2D eigenvalue weighted by molar-refractivity contribution is -0.173. The molecule has 0 heterocycles. The molecule has 0 aromatic rings. The summed E-state index contributed by atoms with van der Waals surface area (Å²) < 4.78 is 46.2. The topological polar surface area (TPSA) is 220 Å². The molecule has 0 aliphatic carbocycles. The molecule has 0 aromatic heterocycles. The normalized spacial score (nSPS) is 14.5. The molecule has 0 N–H and O–H groups in total. The molecule has 6 unspecified atom stereocenters. The van der Waals surface area contributed by atoms with Gasteiger partial charge in [-0.3, -0.25) is 38.4 Å². The lowest BCUT2D eigenvalue weighted by Gasteiger charge is -2.22. The molecule has 17 nitrogen and oxygen atoms in total. The molecule has 47 heavy (non-hydrogen) atoms. The van der Waals surface area contributed by atoms with Crippen LogP contribution in [0.15, 0.2) is 0 Å². The first-order valence-corrected chi connectivity index (χ1v) is 14.8. The van der Waals surface area contributed by atoms with E-state index in [0.717, 1.165) is 0 Å². The minimum Gasteiger partial charge on any atom is -0.462 e. The minimum absolute atomic E-state index is 0.282. The molecular formula is C30H46O17. The van der Waals surface area contributed by atoms with E-state index in [2.05, 4.69) is 0 Å². The third-order valence-corrected chi connectivity index (χ3v) is 5.35. The fourth-order valence-electron chi connectivity index (χ4n) is 3.76. The fourth-order valence-corrected chi connectivity index (χ4v) is 3.76. The van der Waals surface area contributed by atoms with Gasteiger partial charge in [-0.05, 0) is 27.7 Å². The zero-order valence-electron chi connectivity index (χ0n) is 28.1. The van der Waals surface area contributed by atoms with E-state index in [4.69, 9.17) is 42.6 Å². The summed E-state index contributed by atoms with van der Waals surface area (Å²) in [5.41, 5.74) is 0. The highest BCUT2D eigenvalue weighted by Crippen LogP contribution is 2.09. The monoisotopic (exact) mass is 678 g/mol. The molecule has 0 amide bonds. The van der Waals surface area contributed by atoms with E-state index < -0.39 is 111 Å². The smallest absolute Gasteiger partial charge is 0.310 e. The zero-order valence-corrected chi connectivity index (χ0v) is 28.1. The molecular weight excluding hydrogens is 632 g/mol. The molecule has 0 radical (unpaired) electrons. The Labute approximate surface area is 273 Å². The molecule has 17 heteroatoms. The minimum atomic E-state index is -1.19. The Morgan fingerprint density at radius 1 is 0.383 bits per heavy atom. The van der Waals surface area contributed by atoms with Crippen molar-refractivity contribution < 1.29 is 81.0 Å². The second-order valence-corrected chi connectivity index (χ2v) is 10.6. The first-order valence-electron chi connectivity index (χ1n) is 14.8. The Kier molecular flexibility index (Phi) is 21.0. The number of ether oxygens (including phenoxy) is 9. The van der Waals surface area contributed by atoms with Crippen LogP contribution in [0.5, 0.6) is 0 Å². The number of hydrogen-bond donors (Lipinski definition) is 0. The van der Waals surface area contributed by atoms with Gasteiger partial charge in [0.15, 0.2) is 12.2 Å². The number of carbonyl (C=O) groups excluding carboxylic acids is 8. The van der Waals surface area contributed by atoms with E-state index in [1.807, 2.05) is 0 Å². The van der Waals surface area contributed by atoms with Gasteiger partial charge in [0.05, 0.1) is 38.9 Å². The molecule has 0 saturated carbocycles. The molecule has 0 spiro atoms. The first-order chi connectivity index (χ1) is 21.9. The summed E-state index contributed by atoms with van der Waals surface area (Å²) in [6.07, 6.45) is -6.77. The maximum Gasteiger partial charge on any atom is 0.310 e. The molecule has 0 rings (SSSR count). The summed E-state index contributed by atoms with van der Waals surface area (Å²) in [4.78, 5) is 94.0. The average Bonchev–Trinajstić information content (AvgIpc) is 2.87. The molecule has 0 fully saturated rings. The number of carbonyl (C=O) groups is 8. The van der Waals surface area contributed by atoms with Crippen LogP contribution < -0.4 is 0 Å². The van der Waals surface area contributed by atoms with Gasteiger partial charge >= 0.3 is 47.8 Å². The van der Waals surface area contributed by atoms with Gasteiger partial charge in [-0.25, -0.2) is 0 Å².